The lowest BCUT2D eigenvalue weighted by Gasteiger charge is -2.17. The van der Waals surface area contributed by atoms with Crippen molar-refractivity contribution in [2.45, 2.75) is 56.2 Å². The number of thioether (sulfide) groups is 1. The lowest BCUT2D eigenvalue weighted by atomic mass is 10.0. The third-order valence-corrected chi connectivity index (χ3v) is 5.55. The summed E-state index contributed by atoms with van der Waals surface area (Å²) in [5.41, 5.74) is 4.88. The standard InChI is InChI=1S/C21H25NOS/c1-14(2)24-20-10-5-4-9-19(20)21(23)22-15(3)17-12-11-16-7-6-8-18(16)13-17/h4-5,9-15H,6-8H2,1-3H3,(H,22,23)/t15-/m0/s1. The molecule has 0 spiro atoms. The maximum Gasteiger partial charge on any atom is 0.252 e. The number of hydrogen-bond donors (Lipinski definition) is 1. The second kappa shape index (κ2) is 7.43. The van der Waals surface area contributed by atoms with Crippen molar-refractivity contribution < 1.29 is 4.79 Å². The maximum absolute atomic E-state index is 12.7. The average molecular weight is 340 g/mol. The van der Waals surface area contributed by atoms with Crippen LogP contribution in [0.2, 0.25) is 0 Å². The highest BCUT2D eigenvalue weighted by atomic mass is 32.2. The van der Waals surface area contributed by atoms with Gasteiger partial charge in [-0.1, -0.05) is 44.2 Å². The SMILES string of the molecule is CC(C)Sc1ccccc1C(=O)N[C@@H](C)c1ccc2c(c1)CCC2. The highest BCUT2D eigenvalue weighted by Crippen LogP contribution is 2.28. The lowest BCUT2D eigenvalue weighted by molar-refractivity contribution is 0.0937. The Morgan fingerprint density at radius 2 is 1.79 bits per heavy atom. The van der Waals surface area contributed by atoms with Crippen LogP contribution in [0.1, 0.15) is 60.3 Å². The Labute approximate surface area is 149 Å². The number of carbonyl (C=O) groups excluding carboxylic acids is 1. The van der Waals surface area contributed by atoms with Crippen molar-refractivity contribution in [3.8, 4) is 0 Å². The van der Waals surface area contributed by atoms with Gasteiger partial charge in [-0.05, 0) is 55.0 Å². The summed E-state index contributed by atoms with van der Waals surface area (Å²) < 4.78 is 0. The van der Waals surface area contributed by atoms with Crippen LogP contribution < -0.4 is 5.32 Å². The van der Waals surface area contributed by atoms with E-state index >= 15 is 0 Å². The number of rotatable bonds is 5. The molecule has 3 rings (SSSR count). The first-order chi connectivity index (χ1) is 11.5. The summed E-state index contributed by atoms with van der Waals surface area (Å²) in [6, 6.07) is 14.5. The van der Waals surface area contributed by atoms with Crippen LogP contribution >= 0.6 is 11.8 Å². The molecule has 3 heteroatoms. The van der Waals surface area contributed by atoms with Crippen molar-refractivity contribution in [1.29, 1.82) is 0 Å². The number of aryl methyl sites for hydroxylation is 2. The van der Waals surface area contributed by atoms with Crippen LogP contribution in [0.4, 0.5) is 0 Å². The molecular weight excluding hydrogens is 314 g/mol. The summed E-state index contributed by atoms with van der Waals surface area (Å²) in [5, 5.41) is 3.62. The van der Waals surface area contributed by atoms with Crippen LogP contribution in [0.5, 0.6) is 0 Å². The fraction of sp³-hybridized carbons (Fsp3) is 0.381. The fourth-order valence-electron chi connectivity index (χ4n) is 3.23. The van der Waals surface area contributed by atoms with Crippen LogP contribution in [-0.2, 0) is 12.8 Å². The quantitative estimate of drug-likeness (QED) is 0.762. The van der Waals surface area contributed by atoms with Crippen LogP contribution in [0.15, 0.2) is 47.4 Å². The van der Waals surface area contributed by atoms with Gasteiger partial charge in [-0.2, -0.15) is 0 Å². The first-order valence-electron chi connectivity index (χ1n) is 8.73. The van der Waals surface area contributed by atoms with Crippen LogP contribution in [0.25, 0.3) is 0 Å². The fourth-order valence-corrected chi connectivity index (χ4v) is 4.18. The van der Waals surface area contributed by atoms with Crippen molar-refractivity contribution in [3.05, 3.63) is 64.7 Å². The van der Waals surface area contributed by atoms with Crippen LogP contribution in [0.3, 0.4) is 0 Å². The van der Waals surface area contributed by atoms with Crippen molar-refractivity contribution in [2.75, 3.05) is 0 Å². The Kier molecular flexibility index (Phi) is 5.30. The minimum Gasteiger partial charge on any atom is -0.345 e. The van der Waals surface area contributed by atoms with Gasteiger partial charge in [-0.15, -0.1) is 11.8 Å². The van der Waals surface area contributed by atoms with Gasteiger partial charge in [0, 0.05) is 10.1 Å². The van der Waals surface area contributed by atoms with Gasteiger partial charge >= 0.3 is 0 Å². The molecule has 0 aliphatic heterocycles. The molecule has 1 N–H and O–H groups in total. The normalized spacial score (nSPS) is 14.5. The molecular formula is C21H25NOS. The molecule has 2 aromatic carbocycles. The zero-order chi connectivity index (χ0) is 17.1. The third-order valence-electron chi connectivity index (χ3n) is 4.46. The molecule has 1 amide bonds. The van der Waals surface area contributed by atoms with E-state index in [2.05, 4.69) is 44.3 Å². The minimum atomic E-state index is 0.00625. The number of benzene rings is 2. The van der Waals surface area contributed by atoms with Crippen molar-refractivity contribution in [1.82, 2.24) is 5.32 Å². The summed E-state index contributed by atoms with van der Waals surface area (Å²) >= 11 is 1.73. The summed E-state index contributed by atoms with van der Waals surface area (Å²) in [6.07, 6.45) is 3.60. The number of fused-ring (bicyclic) bond motifs is 1. The van der Waals surface area contributed by atoms with E-state index in [4.69, 9.17) is 0 Å². The molecule has 0 radical (unpaired) electrons. The Morgan fingerprint density at radius 3 is 2.58 bits per heavy atom. The number of amides is 1. The van der Waals surface area contributed by atoms with Gasteiger partial charge in [0.05, 0.1) is 11.6 Å². The Bertz CT molecular complexity index is 738. The summed E-state index contributed by atoms with van der Waals surface area (Å²) in [6.45, 7) is 6.35. The molecule has 1 aliphatic carbocycles. The highest BCUT2D eigenvalue weighted by Gasteiger charge is 2.17. The number of nitrogens with one attached hydrogen (secondary N) is 1. The zero-order valence-electron chi connectivity index (χ0n) is 14.6. The van der Waals surface area contributed by atoms with E-state index in [9.17, 15) is 4.79 Å². The first-order valence-corrected chi connectivity index (χ1v) is 9.61. The van der Waals surface area contributed by atoms with E-state index in [-0.39, 0.29) is 11.9 Å². The smallest absolute Gasteiger partial charge is 0.252 e. The Hall–Kier alpha value is -1.74. The van der Waals surface area contributed by atoms with Gasteiger partial charge in [-0.3, -0.25) is 4.79 Å². The van der Waals surface area contributed by atoms with Gasteiger partial charge in [-0.25, -0.2) is 0 Å². The predicted octanol–water partition coefficient (Wildman–Crippen LogP) is 5.17. The second-order valence-electron chi connectivity index (χ2n) is 6.74. The Balaban J connectivity index is 1.75. The largest absolute Gasteiger partial charge is 0.345 e. The van der Waals surface area contributed by atoms with Gasteiger partial charge in [0.2, 0.25) is 0 Å². The molecule has 2 nitrogen and oxygen atoms in total. The van der Waals surface area contributed by atoms with Gasteiger partial charge < -0.3 is 5.32 Å². The van der Waals surface area contributed by atoms with E-state index in [1.54, 1.807) is 11.8 Å². The van der Waals surface area contributed by atoms with E-state index < -0.39 is 0 Å². The number of carbonyl (C=O) groups is 1. The lowest BCUT2D eigenvalue weighted by Crippen LogP contribution is -2.27. The van der Waals surface area contributed by atoms with Gasteiger partial charge in [0.1, 0.15) is 0 Å². The molecule has 126 valence electrons. The second-order valence-corrected chi connectivity index (χ2v) is 8.36. The van der Waals surface area contributed by atoms with E-state index in [0.717, 1.165) is 16.9 Å². The van der Waals surface area contributed by atoms with Crippen molar-refractivity contribution in [2.24, 2.45) is 0 Å². The molecule has 24 heavy (non-hydrogen) atoms. The van der Waals surface area contributed by atoms with E-state index in [1.807, 2.05) is 24.3 Å². The summed E-state index contributed by atoms with van der Waals surface area (Å²) in [5.74, 6) is 0.00625. The van der Waals surface area contributed by atoms with Crippen molar-refractivity contribution in [3.63, 3.8) is 0 Å². The molecule has 0 heterocycles. The zero-order valence-corrected chi connectivity index (χ0v) is 15.5. The molecule has 1 atom stereocenters. The van der Waals surface area contributed by atoms with E-state index in [1.165, 1.54) is 29.5 Å². The topological polar surface area (TPSA) is 29.1 Å². The molecule has 0 bridgehead atoms. The molecule has 0 fully saturated rings. The van der Waals surface area contributed by atoms with Gasteiger partial charge in [0.25, 0.3) is 5.91 Å². The van der Waals surface area contributed by atoms with Crippen LogP contribution in [-0.4, -0.2) is 11.2 Å². The third kappa shape index (κ3) is 3.84. The molecule has 2 aromatic rings. The first kappa shape index (κ1) is 17.1. The summed E-state index contributed by atoms with van der Waals surface area (Å²) in [7, 11) is 0. The predicted molar refractivity (Wildman–Crippen MR) is 102 cm³/mol. The minimum absolute atomic E-state index is 0.00625. The summed E-state index contributed by atoms with van der Waals surface area (Å²) in [4.78, 5) is 13.8. The molecule has 0 saturated carbocycles. The van der Waals surface area contributed by atoms with Crippen LogP contribution in [0, 0.1) is 0 Å². The molecule has 0 unspecified atom stereocenters. The maximum atomic E-state index is 12.7. The van der Waals surface area contributed by atoms with Crippen molar-refractivity contribution >= 4 is 17.7 Å². The highest BCUT2D eigenvalue weighted by molar-refractivity contribution is 8.00. The average Bonchev–Trinajstić information content (AvgIpc) is 3.02. The molecule has 0 aromatic heterocycles. The molecule has 1 aliphatic rings. The monoisotopic (exact) mass is 339 g/mol. The van der Waals surface area contributed by atoms with Gasteiger partial charge in [0.15, 0.2) is 0 Å². The van der Waals surface area contributed by atoms with E-state index in [0.29, 0.717) is 5.25 Å². The molecule has 0 saturated heterocycles. The Morgan fingerprint density at radius 1 is 1.04 bits per heavy atom. The number of hydrogen-bond acceptors (Lipinski definition) is 2.